The van der Waals surface area contributed by atoms with Crippen molar-refractivity contribution in [2.45, 2.75) is 18.4 Å². The Hall–Kier alpha value is -3.23. The van der Waals surface area contributed by atoms with Crippen LogP contribution in [0.2, 0.25) is 0 Å². The van der Waals surface area contributed by atoms with Gasteiger partial charge in [0.15, 0.2) is 5.78 Å². The van der Waals surface area contributed by atoms with E-state index >= 15 is 0 Å². The molecule has 8 heteroatoms. The van der Waals surface area contributed by atoms with Crippen LogP contribution in [0.5, 0.6) is 0 Å². The van der Waals surface area contributed by atoms with Gasteiger partial charge in [-0.2, -0.15) is 0 Å². The summed E-state index contributed by atoms with van der Waals surface area (Å²) in [6, 6.07) is 15.5. The molecule has 0 saturated heterocycles. The zero-order chi connectivity index (χ0) is 20.1. The molecule has 0 spiro atoms. The summed E-state index contributed by atoms with van der Waals surface area (Å²) < 4.78 is 32.4. The maximum atomic E-state index is 12.5. The van der Waals surface area contributed by atoms with Crippen molar-refractivity contribution in [1.82, 2.24) is 4.72 Å². The van der Waals surface area contributed by atoms with Crippen LogP contribution in [0.15, 0.2) is 76.2 Å². The minimum atomic E-state index is -3.82. The summed E-state index contributed by atoms with van der Waals surface area (Å²) >= 11 is 0. The van der Waals surface area contributed by atoms with Crippen molar-refractivity contribution in [2.75, 3.05) is 5.32 Å². The average Bonchev–Trinajstić information content (AvgIpc) is 3.20. The van der Waals surface area contributed by atoms with Crippen LogP contribution in [0, 0.1) is 0 Å². The standard InChI is InChI=1S/C20H18N2O5S/c1-14(23)15-5-2-7-17(11-15)22-20(24)16-6-3-9-19(12-16)28(25,26)21-13-18-8-4-10-27-18/h2-12,21H,13H2,1H3,(H,22,24). The smallest absolute Gasteiger partial charge is 0.255 e. The molecular weight excluding hydrogens is 380 g/mol. The number of amides is 1. The Bertz CT molecular complexity index is 1110. The van der Waals surface area contributed by atoms with Crippen molar-refractivity contribution in [3.8, 4) is 0 Å². The fraction of sp³-hybridized carbons (Fsp3) is 0.100. The van der Waals surface area contributed by atoms with Gasteiger partial charge in [0.05, 0.1) is 17.7 Å². The van der Waals surface area contributed by atoms with Crippen molar-refractivity contribution in [3.63, 3.8) is 0 Å². The molecule has 0 fully saturated rings. The maximum absolute atomic E-state index is 12.5. The highest BCUT2D eigenvalue weighted by molar-refractivity contribution is 7.89. The van der Waals surface area contributed by atoms with E-state index in [0.29, 0.717) is 17.0 Å². The monoisotopic (exact) mass is 398 g/mol. The third kappa shape index (κ3) is 4.73. The van der Waals surface area contributed by atoms with Crippen molar-refractivity contribution < 1.29 is 22.4 Å². The van der Waals surface area contributed by atoms with Gasteiger partial charge in [0.25, 0.3) is 5.91 Å². The van der Waals surface area contributed by atoms with Crippen molar-refractivity contribution >= 4 is 27.4 Å². The van der Waals surface area contributed by atoms with Gasteiger partial charge < -0.3 is 9.73 Å². The Morgan fingerprint density at radius 3 is 2.43 bits per heavy atom. The third-order valence-electron chi connectivity index (χ3n) is 3.95. The summed E-state index contributed by atoms with van der Waals surface area (Å²) in [7, 11) is -3.82. The number of rotatable bonds is 7. The molecule has 0 aliphatic carbocycles. The molecule has 0 bridgehead atoms. The van der Waals surface area contributed by atoms with E-state index in [1.54, 1.807) is 36.4 Å². The average molecular weight is 398 g/mol. The first-order valence-corrected chi connectivity index (χ1v) is 9.88. The Kier molecular flexibility index (Phi) is 5.72. The molecule has 3 aromatic rings. The van der Waals surface area contributed by atoms with Gasteiger partial charge in [-0.05, 0) is 49.4 Å². The molecule has 0 atom stereocenters. The van der Waals surface area contributed by atoms with Gasteiger partial charge >= 0.3 is 0 Å². The molecule has 0 saturated carbocycles. The van der Waals surface area contributed by atoms with E-state index in [1.165, 1.54) is 37.5 Å². The lowest BCUT2D eigenvalue weighted by Crippen LogP contribution is -2.23. The molecular formula is C20H18N2O5S. The molecule has 1 aromatic heterocycles. The van der Waals surface area contributed by atoms with E-state index in [2.05, 4.69) is 10.0 Å². The summed E-state index contributed by atoms with van der Waals surface area (Å²) in [4.78, 5) is 23.9. The number of carbonyl (C=O) groups excluding carboxylic acids is 2. The summed E-state index contributed by atoms with van der Waals surface area (Å²) in [5.41, 5.74) is 1.09. The number of hydrogen-bond donors (Lipinski definition) is 2. The first-order valence-electron chi connectivity index (χ1n) is 8.39. The first-order chi connectivity index (χ1) is 13.3. The number of sulfonamides is 1. The highest BCUT2D eigenvalue weighted by Crippen LogP contribution is 2.16. The molecule has 2 N–H and O–H groups in total. The van der Waals surface area contributed by atoms with Crippen molar-refractivity contribution in [2.24, 2.45) is 0 Å². The zero-order valence-corrected chi connectivity index (χ0v) is 15.8. The zero-order valence-electron chi connectivity index (χ0n) is 15.0. The minimum Gasteiger partial charge on any atom is -0.468 e. The van der Waals surface area contributed by atoms with Gasteiger partial charge in [-0.1, -0.05) is 18.2 Å². The summed E-state index contributed by atoms with van der Waals surface area (Å²) in [5, 5.41) is 2.67. The fourth-order valence-corrected chi connectivity index (χ4v) is 3.53. The molecule has 7 nitrogen and oxygen atoms in total. The summed E-state index contributed by atoms with van der Waals surface area (Å²) in [6.45, 7) is 1.44. The Morgan fingerprint density at radius 1 is 0.964 bits per heavy atom. The predicted molar refractivity (Wildman–Crippen MR) is 104 cm³/mol. The summed E-state index contributed by atoms with van der Waals surface area (Å²) in [6.07, 6.45) is 1.45. The largest absolute Gasteiger partial charge is 0.468 e. The van der Waals surface area contributed by atoms with E-state index in [4.69, 9.17) is 4.42 Å². The van der Waals surface area contributed by atoms with Crippen molar-refractivity contribution in [3.05, 3.63) is 83.8 Å². The molecule has 0 unspecified atom stereocenters. The second kappa shape index (κ2) is 8.20. The second-order valence-corrected chi connectivity index (χ2v) is 7.79. The SMILES string of the molecule is CC(=O)c1cccc(NC(=O)c2cccc(S(=O)(=O)NCc3ccco3)c2)c1. The third-order valence-corrected chi connectivity index (χ3v) is 5.35. The molecule has 1 heterocycles. The fourth-order valence-electron chi connectivity index (χ4n) is 2.49. The highest BCUT2D eigenvalue weighted by Gasteiger charge is 2.17. The Balaban J connectivity index is 1.75. The Labute approximate surface area is 162 Å². The maximum Gasteiger partial charge on any atom is 0.255 e. The molecule has 0 aliphatic rings. The molecule has 0 radical (unpaired) electrons. The number of benzene rings is 2. The van der Waals surface area contributed by atoms with Crippen LogP contribution in [0.1, 0.15) is 33.4 Å². The van der Waals surface area contributed by atoms with Gasteiger partial charge in [0.2, 0.25) is 10.0 Å². The van der Waals surface area contributed by atoms with E-state index in [-0.39, 0.29) is 22.8 Å². The second-order valence-electron chi connectivity index (χ2n) is 6.02. The van der Waals surface area contributed by atoms with Crippen LogP contribution in [0.4, 0.5) is 5.69 Å². The first kappa shape index (κ1) is 19.5. The number of anilines is 1. The normalized spacial score (nSPS) is 11.2. The number of ketones is 1. The van der Waals surface area contributed by atoms with Crippen LogP contribution in [0.25, 0.3) is 0 Å². The molecule has 0 aliphatic heterocycles. The van der Waals surface area contributed by atoms with Gasteiger partial charge in [-0.25, -0.2) is 13.1 Å². The van der Waals surface area contributed by atoms with Gasteiger partial charge in [-0.3, -0.25) is 9.59 Å². The van der Waals surface area contributed by atoms with Crippen LogP contribution in [-0.4, -0.2) is 20.1 Å². The minimum absolute atomic E-state index is 0.00357. The topological polar surface area (TPSA) is 105 Å². The highest BCUT2D eigenvalue weighted by atomic mass is 32.2. The number of hydrogen-bond acceptors (Lipinski definition) is 5. The lowest BCUT2D eigenvalue weighted by Gasteiger charge is -2.09. The van der Waals surface area contributed by atoms with Gasteiger partial charge in [0.1, 0.15) is 5.76 Å². The number of nitrogens with one attached hydrogen (secondary N) is 2. The molecule has 3 rings (SSSR count). The van der Waals surface area contributed by atoms with Crippen LogP contribution < -0.4 is 10.0 Å². The van der Waals surface area contributed by atoms with Gasteiger partial charge in [-0.15, -0.1) is 0 Å². The van der Waals surface area contributed by atoms with E-state index < -0.39 is 15.9 Å². The quantitative estimate of drug-likeness (QED) is 0.595. The van der Waals surface area contributed by atoms with Gasteiger partial charge in [0, 0.05) is 16.8 Å². The lowest BCUT2D eigenvalue weighted by molar-refractivity contribution is 0.101. The van der Waals surface area contributed by atoms with E-state index in [0.717, 1.165) is 0 Å². The van der Waals surface area contributed by atoms with E-state index in [1.807, 2.05) is 0 Å². The van der Waals surface area contributed by atoms with Crippen LogP contribution in [0.3, 0.4) is 0 Å². The summed E-state index contributed by atoms with van der Waals surface area (Å²) in [5.74, 6) is -0.126. The molecule has 28 heavy (non-hydrogen) atoms. The van der Waals surface area contributed by atoms with Crippen LogP contribution >= 0.6 is 0 Å². The number of furan rings is 1. The Morgan fingerprint density at radius 2 is 1.71 bits per heavy atom. The van der Waals surface area contributed by atoms with E-state index in [9.17, 15) is 18.0 Å². The van der Waals surface area contributed by atoms with Crippen molar-refractivity contribution in [1.29, 1.82) is 0 Å². The number of Topliss-reactive ketones (excluding diaryl/α,β-unsaturated/α-hetero) is 1. The lowest BCUT2D eigenvalue weighted by atomic mass is 10.1. The predicted octanol–water partition coefficient (Wildman–Crippen LogP) is 3.21. The molecule has 1 amide bonds. The van der Waals surface area contributed by atoms with Crippen LogP contribution in [-0.2, 0) is 16.6 Å². The molecule has 144 valence electrons. The molecule has 2 aromatic carbocycles. The number of carbonyl (C=O) groups is 2.